The van der Waals surface area contributed by atoms with Crippen LogP contribution in [0.5, 0.6) is 11.5 Å². The normalized spacial score (nSPS) is 17.6. The molecular weight excluding hydrogens is 254 g/mol. The Hall–Kier alpha value is -1.26. The Kier molecular flexibility index (Phi) is 4.89. The number of rotatable bonds is 8. The van der Waals surface area contributed by atoms with Gasteiger partial charge in [0.2, 0.25) is 0 Å². The van der Waals surface area contributed by atoms with Gasteiger partial charge in [0.15, 0.2) is 11.5 Å². The molecule has 1 fully saturated rings. The summed E-state index contributed by atoms with van der Waals surface area (Å²) in [7, 11) is 0. The van der Waals surface area contributed by atoms with Gasteiger partial charge in [-0.1, -0.05) is 6.07 Å². The second-order valence-electron chi connectivity index (χ2n) is 5.46. The summed E-state index contributed by atoms with van der Waals surface area (Å²) < 4.78 is 11.1. The van der Waals surface area contributed by atoms with E-state index in [0.29, 0.717) is 31.5 Å². The Balaban J connectivity index is 2.14. The van der Waals surface area contributed by atoms with Crippen molar-refractivity contribution in [3.05, 3.63) is 23.8 Å². The van der Waals surface area contributed by atoms with Gasteiger partial charge in [-0.25, -0.2) is 0 Å². The van der Waals surface area contributed by atoms with Crippen molar-refractivity contribution in [2.45, 2.75) is 45.3 Å². The molecular formula is C16H25NO3. The van der Waals surface area contributed by atoms with Crippen LogP contribution < -0.4 is 14.8 Å². The Bertz CT molecular complexity index is 441. The molecule has 0 saturated heterocycles. The van der Waals surface area contributed by atoms with Crippen LogP contribution in [-0.4, -0.2) is 30.9 Å². The van der Waals surface area contributed by atoms with Crippen molar-refractivity contribution in [1.29, 1.82) is 0 Å². The first-order valence-corrected chi connectivity index (χ1v) is 7.42. The Labute approximate surface area is 121 Å². The SMILES string of the molecule is CCOc1ccc(C(C)(O)CNC2CC2)cc1OCC. The van der Waals surface area contributed by atoms with Crippen LogP contribution in [0.3, 0.4) is 0 Å². The third kappa shape index (κ3) is 3.87. The summed E-state index contributed by atoms with van der Waals surface area (Å²) in [6, 6.07) is 6.23. The number of benzene rings is 1. The Morgan fingerprint density at radius 1 is 1.20 bits per heavy atom. The minimum Gasteiger partial charge on any atom is -0.490 e. The number of ether oxygens (including phenoxy) is 2. The summed E-state index contributed by atoms with van der Waals surface area (Å²) >= 11 is 0. The molecule has 1 aromatic carbocycles. The lowest BCUT2D eigenvalue weighted by atomic mass is 9.95. The van der Waals surface area contributed by atoms with E-state index in [1.54, 1.807) is 0 Å². The number of hydrogen-bond donors (Lipinski definition) is 2. The number of aliphatic hydroxyl groups is 1. The van der Waals surface area contributed by atoms with Crippen molar-refractivity contribution in [2.24, 2.45) is 0 Å². The highest BCUT2D eigenvalue weighted by atomic mass is 16.5. The molecule has 2 rings (SSSR count). The van der Waals surface area contributed by atoms with Crippen LogP contribution >= 0.6 is 0 Å². The van der Waals surface area contributed by atoms with Crippen LogP contribution in [0.2, 0.25) is 0 Å². The molecule has 4 heteroatoms. The molecule has 20 heavy (non-hydrogen) atoms. The maximum absolute atomic E-state index is 10.6. The van der Waals surface area contributed by atoms with Gasteiger partial charge < -0.3 is 19.9 Å². The first-order valence-electron chi connectivity index (χ1n) is 7.42. The molecule has 1 saturated carbocycles. The molecule has 4 nitrogen and oxygen atoms in total. The molecule has 0 aromatic heterocycles. The van der Waals surface area contributed by atoms with E-state index in [1.807, 2.05) is 39.0 Å². The van der Waals surface area contributed by atoms with E-state index in [1.165, 1.54) is 12.8 Å². The molecule has 1 aromatic rings. The van der Waals surface area contributed by atoms with E-state index in [4.69, 9.17) is 9.47 Å². The van der Waals surface area contributed by atoms with E-state index < -0.39 is 5.60 Å². The number of nitrogens with one attached hydrogen (secondary N) is 1. The Morgan fingerprint density at radius 2 is 1.85 bits per heavy atom. The van der Waals surface area contributed by atoms with Gasteiger partial charge >= 0.3 is 0 Å². The van der Waals surface area contributed by atoms with Gasteiger partial charge in [0.25, 0.3) is 0 Å². The molecule has 1 atom stereocenters. The molecule has 1 aliphatic rings. The molecule has 0 bridgehead atoms. The fourth-order valence-corrected chi connectivity index (χ4v) is 2.12. The van der Waals surface area contributed by atoms with Crippen molar-refractivity contribution in [3.8, 4) is 11.5 Å². The fourth-order valence-electron chi connectivity index (χ4n) is 2.12. The highest BCUT2D eigenvalue weighted by Gasteiger charge is 2.28. The summed E-state index contributed by atoms with van der Waals surface area (Å²) in [5.41, 5.74) is -0.0586. The zero-order valence-electron chi connectivity index (χ0n) is 12.6. The first kappa shape index (κ1) is 15.1. The predicted molar refractivity (Wildman–Crippen MR) is 79.4 cm³/mol. The van der Waals surface area contributed by atoms with E-state index in [-0.39, 0.29) is 0 Å². The van der Waals surface area contributed by atoms with Crippen molar-refractivity contribution in [2.75, 3.05) is 19.8 Å². The van der Waals surface area contributed by atoms with Crippen LogP contribution in [-0.2, 0) is 5.60 Å². The standard InChI is InChI=1S/C16H25NO3/c1-4-19-14-9-6-12(10-15(14)20-5-2)16(3,18)11-17-13-7-8-13/h6,9-10,13,17-18H,4-5,7-8,11H2,1-3H3. The van der Waals surface area contributed by atoms with E-state index >= 15 is 0 Å². The molecule has 0 heterocycles. The van der Waals surface area contributed by atoms with E-state index in [2.05, 4.69) is 5.32 Å². The van der Waals surface area contributed by atoms with Crippen LogP contribution in [0.25, 0.3) is 0 Å². The molecule has 2 N–H and O–H groups in total. The van der Waals surface area contributed by atoms with Gasteiger partial charge in [-0.2, -0.15) is 0 Å². The summed E-state index contributed by atoms with van der Waals surface area (Å²) in [6.07, 6.45) is 2.42. The minimum absolute atomic E-state index is 0.553. The molecule has 0 radical (unpaired) electrons. The van der Waals surface area contributed by atoms with Gasteiger partial charge in [-0.05, 0) is 51.3 Å². The molecule has 112 valence electrons. The van der Waals surface area contributed by atoms with E-state index in [0.717, 1.165) is 11.3 Å². The molecule has 1 unspecified atom stereocenters. The van der Waals surface area contributed by atoms with Gasteiger partial charge in [0.1, 0.15) is 0 Å². The fraction of sp³-hybridized carbons (Fsp3) is 0.625. The lowest BCUT2D eigenvalue weighted by Crippen LogP contribution is -2.36. The van der Waals surface area contributed by atoms with E-state index in [9.17, 15) is 5.11 Å². The highest BCUT2D eigenvalue weighted by Crippen LogP contribution is 2.33. The van der Waals surface area contributed by atoms with Crippen molar-refractivity contribution in [1.82, 2.24) is 5.32 Å². The third-order valence-corrected chi connectivity index (χ3v) is 3.48. The summed E-state index contributed by atoms with van der Waals surface area (Å²) in [5.74, 6) is 1.42. The lowest BCUT2D eigenvalue weighted by molar-refractivity contribution is 0.0562. The van der Waals surface area contributed by atoms with Gasteiger partial charge in [-0.3, -0.25) is 0 Å². The quantitative estimate of drug-likeness (QED) is 0.767. The summed E-state index contributed by atoms with van der Waals surface area (Å²) in [4.78, 5) is 0. The van der Waals surface area contributed by atoms with Gasteiger partial charge in [0.05, 0.1) is 18.8 Å². The average molecular weight is 279 g/mol. The van der Waals surface area contributed by atoms with Crippen LogP contribution in [0.15, 0.2) is 18.2 Å². The zero-order chi connectivity index (χ0) is 14.6. The number of hydrogen-bond acceptors (Lipinski definition) is 4. The van der Waals surface area contributed by atoms with Crippen molar-refractivity contribution in [3.63, 3.8) is 0 Å². The van der Waals surface area contributed by atoms with Crippen molar-refractivity contribution >= 4 is 0 Å². The smallest absolute Gasteiger partial charge is 0.161 e. The van der Waals surface area contributed by atoms with Crippen LogP contribution in [0.4, 0.5) is 0 Å². The summed E-state index contributed by atoms with van der Waals surface area (Å²) in [6.45, 7) is 7.44. The van der Waals surface area contributed by atoms with Crippen molar-refractivity contribution < 1.29 is 14.6 Å². The zero-order valence-corrected chi connectivity index (χ0v) is 12.6. The maximum Gasteiger partial charge on any atom is 0.161 e. The average Bonchev–Trinajstić information content (AvgIpc) is 3.23. The molecule has 1 aliphatic carbocycles. The second-order valence-corrected chi connectivity index (χ2v) is 5.46. The lowest BCUT2D eigenvalue weighted by Gasteiger charge is -2.25. The first-order chi connectivity index (χ1) is 9.56. The second kappa shape index (κ2) is 6.46. The van der Waals surface area contributed by atoms with Gasteiger partial charge in [0, 0.05) is 12.6 Å². The van der Waals surface area contributed by atoms with Gasteiger partial charge in [-0.15, -0.1) is 0 Å². The maximum atomic E-state index is 10.6. The largest absolute Gasteiger partial charge is 0.490 e. The van der Waals surface area contributed by atoms with Crippen LogP contribution in [0.1, 0.15) is 39.2 Å². The Morgan fingerprint density at radius 3 is 2.45 bits per heavy atom. The molecule has 0 spiro atoms. The predicted octanol–water partition coefficient (Wildman–Crippen LogP) is 2.44. The highest BCUT2D eigenvalue weighted by molar-refractivity contribution is 5.44. The summed E-state index contributed by atoms with van der Waals surface area (Å²) in [5, 5.41) is 14.0. The molecule has 0 aliphatic heterocycles. The topological polar surface area (TPSA) is 50.7 Å². The van der Waals surface area contributed by atoms with Crippen LogP contribution in [0, 0.1) is 0 Å². The molecule has 0 amide bonds. The monoisotopic (exact) mass is 279 g/mol. The minimum atomic E-state index is -0.904. The third-order valence-electron chi connectivity index (χ3n) is 3.48.